The summed E-state index contributed by atoms with van der Waals surface area (Å²) in [6.07, 6.45) is 20.5. The minimum atomic E-state index is -3.27. The third-order valence-corrected chi connectivity index (χ3v) is 4.05. The van der Waals surface area contributed by atoms with E-state index < -0.39 is 10.1 Å². The Balaban J connectivity index is 3.15. The first-order valence-electron chi connectivity index (χ1n) is 8.55. The van der Waals surface area contributed by atoms with Crippen LogP contribution in [0.2, 0.25) is 0 Å². The Morgan fingerprint density at radius 2 is 1.24 bits per heavy atom. The summed E-state index contributed by atoms with van der Waals surface area (Å²) in [6, 6.07) is 0. The monoisotopic (exact) mass is 318 g/mol. The minimum absolute atomic E-state index is 0.293. The average molecular weight is 319 g/mol. The normalized spacial score (nSPS) is 12.3. The van der Waals surface area contributed by atoms with E-state index in [1.807, 2.05) is 0 Å². The van der Waals surface area contributed by atoms with Gasteiger partial charge in [-0.1, -0.05) is 70.4 Å². The van der Waals surface area contributed by atoms with Gasteiger partial charge in [0.05, 0.1) is 12.9 Å². The standard InChI is InChI=1S/C17H34O3S/c1-3-4-5-6-7-8-9-10-11-12-13-14-15-16-17-20-21(2,18)19/h13-14H,3-12,15-17H2,1-2H3/b14-13+. The van der Waals surface area contributed by atoms with E-state index in [4.69, 9.17) is 0 Å². The van der Waals surface area contributed by atoms with E-state index in [9.17, 15) is 8.42 Å². The average Bonchev–Trinajstić information content (AvgIpc) is 2.42. The quantitative estimate of drug-likeness (QED) is 0.236. The van der Waals surface area contributed by atoms with E-state index in [0.717, 1.165) is 25.5 Å². The summed E-state index contributed by atoms with van der Waals surface area (Å²) in [5.41, 5.74) is 0. The zero-order valence-corrected chi connectivity index (χ0v) is 14.8. The maximum Gasteiger partial charge on any atom is 0.264 e. The summed E-state index contributed by atoms with van der Waals surface area (Å²) in [6.45, 7) is 2.55. The largest absolute Gasteiger partial charge is 0.270 e. The van der Waals surface area contributed by atoms with Crippen LogP contribution in [0.3, 0.4) is 0 Å². The van der Waals surface area contributed by atoms with Gasteiger partial charge in [0, 0.05) is 0 Å². The van der Waals surface area contributed by atoms with Gasteiger partial charge in [-0.3, -0.25) is 4.18 Å². The predicted octanol–water partition coefficient (Wildman–Crippen LogP) is 5.22. The fraction of sp³-hybridized carbons (Fsp3) is 0.882. The molecule has 0 aromatic rings. The van der Waals surface area contributed by atoms with Crippen molar-refractivity contribution in [1.29, 1.82) is 0 Å². The van der Waals surface area contributed by atoms with Crippen molar-refractivity contribution in [2.75, 3.05) is 12.9 Å². The molecule has 4 heteroatoms. The molecule has 0 atom stereocenters. The van der Waals surface area contributed by atoms with Gasteiger partial charge in [-0.15, -0.1) is 0 Å². The summed E-state index contributed by atoms with van der Waals surface area (Å²) in [4.78, 5) is 0. The van der Waals surface area contributed by atoms with Gasteiger partial charge in [0.2, 0.25) is 0 Å². The second-order valence-electron chi connectivity index (χ2n) is 5.76. The number of hydrogen-bond acceptors (Lipinski definition) is 3. The Labute approximate surface area is 132 Å². The highest BCUT2D eigenvalue weighted by molar-refractivity contribution is 7.85. The van der Waals surface area contributed by atoms with E-state index in [1.54, 1.807) is 0 Å². The fourth-order valence-electron chi connectivity index (χ4n) is 2.22. The first-order valence-corrected chi connectivity index (χ1v) is 10.4. The van der Waals surface area contributed by atoms with E-state index in [1.165, 1.54) is 57.8 Å². The molecule has 21 heavy (non-hydrogen) atoms. The Morgan fingerprint density at radius 3 is 1.76 bits per heavy atom. The third kappa shape index (κ3) is 19.6. The Morgan fingerprint density at radius 1 is 0.762 bits per heavy atom. The summed E-state index contributed by atoms with van der Waals surface area (Å²) < 4.78 is 26.1. The highest BCUT2D eigenvalue weighted by Gasteiger charge is 1.98. The molecule has 0 fully saturated rings. The molecule has 0 bridgehead atoms. The number of rotatable bonds is 15. The van der Waals surface area contributed by atoms with Gasteiger partial charge < -0.3 is 0 Å². The molecule has 0 aliphatic rings. The lowest BCUT2D eigenvalue weighted by Crippen LogP contribution is -2.03. The van der Waals surface area contributed by atoms with Crippen LogP contribution in [0.15, 0.2) is 12.2 Å². The number of unbranched alkanes of at least 4 members (excludes halogenated alkanes) is 10. The molecule has 0 radical (unpaired) electrons. The molecule has 0 heterocycles. The zero-order chi connectivity index (χ0) is 15.8. The molecule has 0 saturated heterocycles. The van der Waals surface area contributed by atoms with Crippen molar-refractivity contribution in [3.8, 4) is 0 Å². The van der Waals surface area contributed by atoms with Crippen LogP contribution in [0.25, 0.3) is 0 Å². The molecule has 0 aromatic heterocycles. The molecule has 0 aromatic carbocycles. The molecule has 0 unspecified atom stereocenters. The van der Waals surface area contributed by atoms with Crippen LogP contribution in [0.5, 0.6) is 0 Å². The summed E-state index contributed by atoms with van der Waals surface area (Å²) in [5, 5.41) is 0. The highest BCUT2D eigenvalue weighted by Crippen LogP contribution is 2.10. The second-order valence-corrected chi connectivity index (χ2v) is 7.40. The number of allylic oxidation sites excluding steroid dienone is 2. The minimum Gasteiger partial charge on any atom is -0.270 e. The lowest BCUT2D eigenvalue weighted by atomic mass is 10.1. The molecule has 0 rings (SSSR count). The molecule has 0 saturated carbocycles. The van der Waals surface area contributed by atoms with Crippen molar-refractivity contribution in [1.82, 2.24) is 0 Å². The molecule has 0 amide bonds. The van der Waals surface area contributed by atoms with Crippen molar-refractivity contribution in [3.05, 3.63) is 12.2 Å². The lowest BCUT2D eigenvalue weighted by molar-refractivity contribution is 0.317. The van der Waals surface area contributed by atoms with Gasteiger partial charge >= 0.3 is 0 Å². The van der Waals surface area contributed by atoms with Crippen molar-refractivity contribution < 1.29 is 12.6 Å². The molecule has 0 spiro atoms. The molecule has 0 N–H and O–H groups in total. The van der Waals surface area contributed by atoms with Crippen LogP contribution >= 0.6 is 0 Å². The van der Waals surface area contributed by atoms with Crippen molar-refractivity contribution in [2.45, 2.75) is 84.0 Å². The van der Waals surface area contributed by atoms with E-state index in [2.05, 4.69) is 23.3 Å². The van der Waals surface area contributed by atoms with Gasteiger partial charge in [0.1, 0.15) is 0 Å². The molecule has 0 aliphatic carbocycles. The maximum atomic E-state index is 10.7. The van der Waals surface area contributed by atoms with Crippen LogP contribution in [0, 0.1) is 0 Å². The Kier molecular flexibility index (Phi) is 14.3. The molecular weight excluding hydrogens is 284 g/mol. The second kappa shape index (κ2) is 14.6. The maximum absolute atomic E-state index is 10.7. The van der Waals surface area contributed by atoms with Crippen LogP contribution in [-0.4, -0.2) is 21.3 Å². The molecule has 3 nitrogen and oxygen atoms in total. The Hall–Kier alpha value is -0.350. The van der Waals surface area contributed by atoms with Crippen molar-refractivity contribution >= 4 is 10.1 Å². The molecule has 0 aliphatic heterocycles. The van der Waals surface area contributed by atoms with Gasteiger partial charge in [-0.05, 0) is 25.7 Å². The Bertz CT molecular complexity index is 334. The first-order chi connectivity index (χ1) is 10.1. The van der Waals surface area contributed by atoms with Crippen LogP contribution in [0.4, 0.5) is 0 Å². The summed E-state index contributed by atoms with van der Waals surface area (Å²) >= 11 is 0. The van der Waals surface area contributed by atoms with Gasteiger partial charge in [0.15, 0.2) is 0 Å². The van der Waals surface area contributed by atoms with Gasteiger partial charge in [-0.25, -0.2) is 0 Å². The van der Waals surface area contributed by atoms with Crippen LogP contribution in [-0.2, 0) is 14.3 Å². The summed E-state index contributed by atoms with van der Waals surface area (Å²) in [7, 11) is -3.27. The fourth-order valence-corrected chi connectivity index (χ4v) is 2.64. The van der Waals surface area contributed by atoms with Gasteiger partial charge in [0.25, 0.3) is 10.1 Å². The smallest absolute Gasteiger partial charge is 0.264 e. The molecule has 126 valence electrons. The third-order valence-electron chi connectivity index (χ3n) is 3.45. The first kappa shape index (κ1) is 20.6. The van der Waals surface area contributed by atoms with E-state index >= 15 is 0 Å². The van der Waals surface area contributed by atoms with Crippen LogP contribution in [0.1, 0.15) is 84.0 Å². The van der Waals surface area contributed by atoms with Crippen molar-refractivity contribution in [2.24, 2.45) is 0 Å². The SMILES string of the molecule is CCCCCCCCCCC/C=C/CCCOS(C)(=O)=O. The zero-order valence-electron chi connectivity index (χ0n) is 14.0. The predicted molar refractivity (Wildman–Crippen MR) is 91.0 cm³/mol. The molecular formula is C17H34O3S. The highest BCUT2D eigenvalue weighted by atomic mass is 32.2. The topological polar surface area (TPSA) is 43.4 Å². The van der Waals surface area contributed by atoms with E-state index in [0.29, 0.717) is 6.61 Å². The van der Waals surface area contributed by atoms with Gasteiger partial charge in [-0.2, -0.15) is 8.42 Å². The summed E-state index contributed by atoms with van der Waals surface area (Å²) in [5.74, 6) is 0. The van der Waals surface area contributed by atoms with Crippen LogP contribution < -0.4 is 0 Å². The van der Waals surface area contributed by atoms with E-state index in [-0.39, 0.29) is 0 Å². The number of hydrogen-bond donors (Lipinski definition) is 0. The lowest BCUT2D eigenvalue weighted by Gasteiger charge is -2.00. The van der Waals surface area contributed by atoms with Crippen molar-refractivity contribution in [3.63, 3.8) is 0 Å².